The maximum absolute atomic E-state index is 5.14. The molecule has 28 heavy (non-hydrogen) atoms. The summed E-state index contributed by atoms with van der Waals surface area (Å²) in [7, 11) is 0. The largest absolute Gasteiger partial charge is 0.337 e. The molecule has 2 aromatic heterocycles. The first kappa shape index (κ1) is 17.6. The van der Waals surface area contributed by atoms with Crippen LogP contribution in [0, 0.1) is 6.92 Å². The third kappa shape index (κ3) is 2.85. The lowest BCUT2D eigenvalue weighted by Crippen LogP contribution is -2.36. The summed E-state index contributed by atoms with van der Waals surface area (Å²) in [5.41, 5.74) is 4.79. The van der Waals surface area contributed by atoms with E-state index in [0.717, 1.165) is 17.9 Å². The van der Waals surface area contributed by atoms with Gasteiger partial charge in [-0.3, -0.25) is 9.98 Å². The molecule has 0 unspecified atom stereocenters. The molecule has 3 atom stereocenters. The van der Waals surface area contributed by atoms with Crippen molar-refractivity contribution in [1.82, 2.24) is 14.5 Å². The fourth-order valence-corrected chi connectivity index (χ4v) is 5.66. The summed E-state index contributed by atoms with van der Waals surface area (Å²) in [6.07, 6.45) is 5.17. The van der Waals surface area contributed by atoms with Crippen LogP contribution in [0.15, 0.2) is 72.0 Å². The van der Waals surface area contributed by atoms with E-state index in [0.29, 0.717) is 6.04 Å². The minimum absolute atomic E-state index is 0.0245. The molecule has 0 amide bonds. The molecule has 0 radical (unpaired) electrons. The summed E-state index contributed by atoms with van der Waals surface area (Å²) >= 11 is 1.89. The highest BCUT2D eigenvalue weighted by atomic mass is 32.2. The number of aryl methyl sites for hydroxylation is 1. The molecular weight excluding hydrogens is 364 g/mol. The predicted molar refractivity (Wildman–Crippen MR) is 116 cm³/mol. The number of thioether (sulfide) groups is 1. The fourth-order valence-electron chi connectivity index (χ4n) is 4.32. The summed E-state index contributed by atoms with van der Waals surface area (Å²) in [5.74, 6) is 1.12. The number of benzene rings is 1. The maximum Gasteiger partial charge on any atom is 0.160 e. The molecule has 1 fully saturated rings. The summed E-state index contributed by atoms with van der Waals surface area (Å²) in [6.45, 7) is 4.42. The molecule has 4 nitrogen and oxygen atoms in total. The zero-order valence-corrected chi connectivity index (χ0v) is 17.0. The number of fused-ring (bicyclic) bond motifs is 1. The second kappa shape index (κ2) is 7.13. The van der Waals surface area contributed by atoms with Gasteiger partial charge in [0.25, 0.3) is 0 Å². The molecule has 4 heterocycles. The highest BCUT2D eigenvalue weighted by molar-refractivity contribution is 8.14. The molecule has 142 valence electrons. The standard InChI is InChI=1S/C23H24N4S/c1-3-17-15-28-23-25-21(19-10-4-5-12-24-19)22(27(17)23)20-11-7-13-26(20)18-9-6-8-16(2)14-18/h4-14,17,21-22H,3,15H2,1-2H3/t17-,21-,22+/m1/s1. The van der Waals surface area contributed by atoms with Crippen molar-refractivity contribution in [3.05, 3.63) is 83.9 Å². The number of amidine groups is 1. The Morgan fingerprint density at radius 3 is 2.82 bits per heavy atom. The minimum Gasteiger partial charge on any atom is -0.337 e. The Bertz CT molecular complexity index is 1010. The van der Waals surface area contributed by atoms with E-state index in [2.05, 4.69) is 83.0 Å². The van der Waals surface area contributed by atoms with Crippen molar-refractivity contribution in [3.8, 4) is 5.69 Å². The van der Waals surface area contributed by atoms with Gasteiger partial charge in [0.05, 0.1) is 5.69 Å². The summed E-state index contributed by atoms with van der Waals surface area (Å²) in [6, 6.07) is 19.9. The first-order valence-corrected chi connectivity index (χ1v) is 10.9. The predicted octanol–water partition coefficient (Wildman–Crippen LogP) is 5.16. The van der Waals surface area contributed by atoms with Crippen LogP contribution in [0.1, 0.15) is 42.4 Å². The van der Waals surface area contributed by atoms with E-state index in [1.54, 1.807) is 0 Å². The molecule has 5 heteroatoms. The van der Waals surface area contributed by atoms with Gasteiger partial charge in [-0.15, -0.1) is 0 Å². The Morgan fingerprint density at radius 2 is 2.04 bits per heavy atom. The molecule has 0 saturated carbocycles. The van der Waals surface area contributed by atoms with Gasteiger partial charge in [0, 0.05) is 35.6 Å². The average molecular weight is 389 g/mol. The lowest BCUT2D eigenvalue weighted by molar-refractivity contribution is 0.249. The number of aliphatic imine (C=N–C) groups is 1. The zero-order valence-electron chi connectivity index (χ0n) is 16.2. The third-order valence-electron chi connectivity index (χ3n) is 5.69. The van der Waals surface area contributed by atoms with Gasteiger partial charge in [-0.25, -0.2) is 0 Å². The first-order chi connectivity index (χ1) is 13.8. The lowest BCUT2D eigenvalue weighted by Gasteiger charge is -2.32. The fraction of sp³-hybridized carbons (Fsp3) is 0.304. The number of hydrogen-bond donors (Lipinski definition) is 0. The Morgan fingerprint density at radius 1 is 1.11 bits per heavy atom. The van der Waals surface area contributed by atoms with E-state index in [-0.39, 0.29) is 12.1 Å². The molecule has 0 bridgehead atoms. The van der Waals surface area contributed by atoms with Gasteiger partial charge in [-0.2, -0.15) is 0 Å². The van der Waals surface area contributed by atoms with Gasteiger partial charge >= 0.3 is 0 Å². The third-order valence-corrected chi connectivity index (χ3v) is 6.82. The van der Waals surface area contributed by atoms with Crippen LogP contribution < -0.4 is 0 Å². The molecule has 0 N–H and O–H groups in total. The molecule has 0 aliphatic carbocycles. The van der Waals surface area contributed by atoms with E-state index < -0.39 is 0 Å². The van der Waals surface area contributed by atoms with Crippen molar-refractivity contribution in [2.75, 3.05) is 5.75 Å². The van der Waals surface area contributed by atoms with Crippen LogP contribution in [-0.2, 0) is 0 Å². The number of rotatable bonds is 4. The molecule has 3 aromatic rings. The van der Waals surface area contributed by atoms with Gasteiger partial charge in [0.1, 0.15) is 12.1 Å². The van der Waals surface area contributed by atoms with E-state index in [1.807, 2.05) is 24.0 Å². The number of nitrogens with zero attached hydrogens (tertiary/aromatic N) is 4. The molecule has 0 spiro atoms. The van der Waals surface area contributed by atoms with Crippen LogP contribution in [0.5, 0.6) is 0 Å². The first-order valence-electron chi connectivity index (χ1n) is 9.90. The van der Waals surface area contributed by atoms with Crippen molar-refractivity contribution in [2.24, 2.45) is 4.99 Å². The van der Waals surface area contributed by atoms with E-state index in [9.17, 15) is 0 Å². The summed E-state index contributed by atoms with van der Waals surface area (Å²) < 4.78 is 2.32. The van der Waals surface area contributed by atoms with E-state index in [4.69, 9.17) is 4.99 Å². The Balaban J connectivity index is 1.63. The molecular formula is C23H24N4S. The smallest absolute Gasteiger partial charge is 0.160 e. The van der Waals surface area contributed by atoms with E-state index in [1.165, 1.54) is 22.1 Å². The molecule has 2 aliphatic rings. The van der Waals surface area contributed by atoms with Crippen molar-refractivity contribution in [3.63, 3.8) is 0 Å². The highest BCUT2D eigenvalue weighted by Gasteiger charge is 2.46. The molecule has 2 aliphatic heterocycles. The van der Waals surface area contributed by atoms with Crippen molar-refractivity contribution in [1.29, 1.82) is 0 Å². The van der Waals surface area contributed by atoms with Crippen LogP contribution in [0.3, 0.4) is 0 Å². The van der Waals surface area contributed by atoms with Crippen molar-refractivity contribution in [2.45, 2.75) is 38.4 Å². The Hall–Kier alpha value is -2.53. The van der Waals surface area contributed by atoms with Crippen molar-refractivity contribution < 1.29 is 0 Å². The second-order valence-corrected chi connectivity index (χ2v) is 8.47. The van der Waals surface area contributed by atoms with Gasteiger partial charge in [0.15, 0.2) is 5.17 Å². The number of hydrogen-bond acceptors (Lipinski definition) is 4. The van der Waals surface area contributed by atoms with Crippen LogP contribution in [0.2, 0.25) is 0 Å². The number of aromatic nitrogens is 2. The summed E-state index contributed by atoms with van der Waals surface area (Å²) in [4.78, 5) is 12.3. The highest BCUT2D eigenvalue weighted by Crippen LogP contribution is 2.48. The minimum atomic E-state index is 0.0245. The topological polar surface area (TPSA) is 33.4 Å². The van der Waals surface area contributed by atoms with Gasteiger partial charge in [0.2, 0.25) is 0 Å². The maximum atomic E-state index is 5.14. The van der Waals surface area contributed by atoms with Crippen molar-refractivity contribution >= 4 is 16.9 Å². The monoisotopic (exact) mass is 388 g/mol. The second-order valence-electron chi connectivity index (χ2n) is 7.48. The van der Waals surface area contributed by atoms with Gasteiger partial charge in [-0.05, 0) is 55.3 Å². The zero-order chi connectivity index (χ0) is 19.1. The lowest BCUT2D eigenvalue weighted by atomic mass is 9.99. The summed E-state index contributed by atoms with van der Waals surface area (Å²) in [5, 5.41) is 1.17. The number of pyridine rings is 1. The van der Waals surface area contributed by atoms with E-state index >= 15 is 0 Å². The normalized spacial score (nSPS) is 23.7. The van der Waals surface area contributed by atoms with Gasteiger partial charge < -0.3 is 9.47 Å². The molecule has 5 rings (SSSR count). The van der Waals surface area contributed by atoms with Crippen LogP contribution in [-0.4, -0.2) is 31.4 Å². The van der Waals surface area contributed by atoms with Crippen LogP contribution in [0.4, 0.5) is 0 Å². The quantitative estimate of drug-likeness (QED) is 0.619. The Labute approximate surface area is 170 Å². The molecule has 1 aromatic carbocycles. The average Bonchev–Trinajstić information content (AvgIpc) is 3.43. The SMILES string of the molecule is CC[C@@H]1CSC2=N[C@H](c3ccccn3)[C@H](c3cccn3-c3cccc(C)c3)N21. The molecule has 1 saturated heterocycles. The van der Waals surface area contributed by atoms with Crippen LogP contribution in [0.25, 0.3) is 5.69 Å². The van der Waals surface area contributed by atoms with Gasteiger partial charge in [-0.1, -0.05) is 36.9 Å². The Kier molecular flexibility index (Phi) is 4.47. The van der Waals surface area contributed by atoms with Crippen LogP contribution >= 0.6 is 11.8 Å².